The Hall–Kier alpha value is -1.02. The molecule has 0 bridgehead atoms. The zero-order valence-electron chi connectivity index (χ0n) is 9.45. The van der Waals surface area contributed by atoms with Crippen molar-refractivity contribution in [1.29, 1.82) is 0 Å². The zero-order chi connectivity index (χ0) is 10.7. The van der Waals surface area contributed by atoms with E-state index in [0.717, 1.165) is 19.5 Å². The van der Waals surface area contributed by atoms with Crippen LogP contribution in [0, 0.1) is 0 Å². The average Bonchev–Trinajstić information content (AvgIpc) is 2.65. The van der Waals surface area contributed by atoms with Crippen molar-refractivity contribution in [1.82, 2.24) is 0 Å². The van der Waals surface area contributed by atoms with Gasteiger partial charge in [0.2, 0.25) is 0 Å². The summed E-state index contributed by atoms with van der Waals surface area (Å²) in [6.07, 6.45) is 2.36. The van der Waals surface area contributed by atoms with Crippen molar-refractivity contribution in [3.8, 4) is 0 Å². The summed E-state index contributed by atoms with van der Waals surface area (Å²) in [7, 11) is 0. The van der Waals surface area contributed by atoms with Gasteiger partial charge in [-0.2, -0.15) is 0 Å². The van der Waals surface area contributed by atoms with Gasteiger partial charge in [0.25, 0.3) is 0 Å². The lowest BCUT2D eigenvalue weighted by Gasteiger charge is -2.16. The van der Waals surface area contributed by atoms with E-state index in [2.05, 4.69) is 36.1 Å². The molecule has 0 saturated carbocycles. The summed E-state index contributed by atoms with van der Waals surface area (Å²) in [4.78, 5) is 2.47. The summed E-state index contributed by atoms with van der Waals surface area (Å²) >= 11 is 0. The average molecular weight is 204 g/mol. The van der Waals surface area contributed by atoms with Crippen LogP contribution < -0.4 is 10.6 Å². The molecule has 2 nitrogen and oxygen atoms in total. The fourth-order valence-electron chi connectivity index (χ4n) is 2.49. The van der Waals surface area contributed by atoms with Crippen molar-refractivity contribution in [2.75, 3.05) is 24.5 Å². The molecule has 1 aliphatic rings. The third-order valence-corrected chi connectivity index (χ3v) is 3.30. The Kier molecular flexibility index (Phi) is 3.27. The maximum absolute atomic E-state index is 5.58. The highest BCUT2D eigenvalue weighted by Crippen LogP contribution is 2.37. The quantitative estimate of drug-likeness (QED) is 0.815. The molecule has 1 aliphatic heterocycles. The Balaban J connectivity index is 2.18. The molecule has 2 heteroatoms. The normalized spacial score (nSPS) is 19.3. The lowest BCUT2D eigenvalue weighted by molar-refractivity contribution is 0.613. The van der Waals surface area contributed by atoms with Crippen molar-refractivity contribution in [3.63, 3.8) is 0 Å². The summed E-state index contributed by atoms with van der Waals surface area (Å²) in [5.74, 6) is 0.699. The second-order valence-electron chi connectivity index (χ2n) is 4.23. The topological polar surface area (TPSA) is 29.3 Å². The molecule has 1 aromatic carbocycles. The lowest BCUT2D eigenvalue weighted by atomic mass is 9.96. The molecule has 15 heavy (non-hydrogen) atoms. The van der Waals surface area contributed by atoms with Crippen LogP contribution in [0.3, 0.4) is 0 Å². The van der Waals surface area contributed by atoms with Crippen LogP contribution in [-0.4, -0.2) is 19.6 Å². The van der Waals surface area contributed by atoms with Crippen molar-refractivity contribution < 1.29 is 0 Å². The molecule has 0 spiro atoms. The van der Waals surface area contributed by atoms with Gasteiger partial charge in [-0.25, -0.2) is 0 Å². The fourth-order valence-corrected chi connectivity index (χ4v) is 2.49. The molecule has 0 fully saturated rings. The molecule has 0 radical (unpaired) electrons. The van der Waals surface area contributed by atoms with Gasteiger partial charge >= 0.3 is 0 Å². The van der Waals surface area contributed by atoms with Crippen LogP contribution in [0.1, 0.15) is 31.2 Å². The van der Waals surface area contributed by atoms with Gasteiger partial charge in [0.15, 0.2) is 0 Å². The Bertz CT molecular complexity index is 322. The predicted octanol–water partition coefficient (Wildman–Crippen LogP) is 2.35. The van der Waals surface area contributed by atoms with Crippen molar-refractivity contribution in [3.05, 3.63) is 29.8 Å². The van der Waals surface area contributed by atoms with E-state index < -0.39 is 0 Å². The number of para-hydroxylation sites is 1. The van der Waals surface area contributed by atoms with E-state index in [0.29, 0.717) is 5.92 Å². The van der Waals surface area contributed by atoms with Crippen molar-refractivity contribution in [2.45, 2.75) is 25.7 Å². The monoisotopic (exact) mass is 204 g/mol. The number of nitrogens with zero attached hydrogens (tertiary/aromatic N) is 1. The summed E-state index contributed by atoms with van der Waals surface area (Å²) in [6, 6.07) is 8.79. The van der Waals surface area contributed by atoms with E-state index in [4.69, 9.17) is 5.73 Å². The third-order valence-electron chi connectivity index (χ3n) is 3.30. The summed E-state index contributed by atoms with van der Waals surface area (Å²) in [6.45, 7) is 5.32. The Labute approximate surface area is 92.1 Å². The Morgan fingerprint density at radius 2 is 2.20 bits per heavy atom. The van der Waals surface area contributed by atoms with Gasteiger partial charge in [0, 0.05) is 24.7 Å². The first-order chi connectivity index (χ1) is 7.36. The van der Waals surface area contributed by atoms with E-state index in [9.17, 15) is 0 Å². The lowest BCUT2D eigenvalue weighted by Crippen LogP contribution is -2.21. The second-order valence-corrected chi connectivity index (χ2v) is 4.23. The number of anilines is 1. The number of rotatable bonds is 4. The molecule has 1 heterocycles. The number of benzene rings is 1. The van der Waals surface area contributed by atoms with E-state index in [1.165, 1.54) is 24.2 Å². The van der Waals surface area contributed by atoms with Gasteiger partial charge in [-0.3, -0.25) is 0 Å². The highest BCUT2D eigenvalue weighted by Gasteiger charge is 2.26. The molecular weight excluding hydrogens is 184 g/mol. The first-order valence-electron chi connectivity index (χ1n) is 5.90. The minimum atomic E-state index is 0.699. The van der Waals surface area contributed by atoms with Gasteiger partial charge in [0.1, 0.15) is 0 Å². The smallest absolute Gasteiger partial charge is 0.0402 e. The molecule has 0 saturated heterocycles. The first-order valence-corrected chi connectivity index (χ1v) is 5.90. The maximum Gasteiger partial charge on any atom is 0.0402 e. The van der Waals surface area contributed by atoms with Crippen LogP contribution in [0.4, 0.5) is 5.69 Å². The number of likely N-dealkylation sites (N-methyl/N-ethyl adjacent to an activating group) is 1. The van der Waals surface area contributed by atoms with Gasteiger partial charge < -0.3 is 10.6 Å². The predicted molar refractivity (Wildman–Crippen MR) is 65.4 cm³/mol. The van der Waals surface area contributed by atoms with Gasteiger partial charge in [-0.05, 0) is 37.9 Å². The zero-order valence-corrected chi connectivity index (χ0v) is 9.45. The summed E-state index contributed by atoms with van der Waals surface area (Å²) in [5.41, 5.74) is 8.53. The number of hydrogen-bond acceptors (Lipinski definition) is 2. The van der Waals surface area contributed by atoms with Gasteiger partial charge in [-0.1, -0.05) is 18.2 Å². The molecule has 2 N–H and O–H groups in total. The van der Waals surface area contributed by atoms with E-state index in [1.54, 1.807) is 0 Å². The second kappa shape index (κ2) is 4.67. The molecule has 2 rings (SSSR count). The Morgan fingerprint density at radius 3 is 2.93 bits per heavy atom. The molecule has 1 atom stereocenters. The van der Waals surface area contributed by atoms with Crippen LogP contribution in [0.15, 0.2) is 24.3 Å². The highest BCUT2D eigenvalue weighted by molar-refractivity contribution is 5.59. The third kappa shape index (κ3) is 2.00. The number of fused-ring (bicyclic) bond motifs is 1. The SMILES string of the molecule is CCN1CC(CCCN)c2ccccc21. The molecule has 0 aromatic heterocycles. The minimum Gasteiger partial charge on any atom is -0.371 e. The molecule has 0 aliphatic carbocycles. The van der Waals surface area contributed by atoms with Crippen molar-refractivity contribution in [2.24, 2.45) is 5.73 Å². The fraction of sp³-hybridized carbons (Fsp3) is 0.538. The van der Waals surface area contributed by atoms with Crippen LogP contribution in [0.5, 0.6) is 0 Å². The standard InChI is InChI=1S/C13H20N2/c1-2-15-10-11(6-5-9-14)12-7-3-4-8-13(12)15/h3-4,7-8,11H,2,5-6,9-10,14H2,1H3. The van der Waals surface area contributed by atoms with Gasteiger partial charge in [-0.15, -0.1) is 0 Å². The molecule has 0 amide bonds. The summed E-state index contributed by atoms with van der Waals surface area (Å²) < 4.78 is 0. The number of nitrogens with two attached hydrogens (primary N) is 1. The van der Waals surface area contributed by atoms with E-state index >= 15 is 0 Å². The van der Waals surface area contributed by atoms with Crippen molar-refractivity contribution >= 4 is 5.69 Å². The molecular formula is C13H20N2. The van der Waals surface area contributed by atoms with Crippen LogP contribution in [0.2, 0.25) is 0 Å². The van der Waals surface area contributed by atoms with Crippen LogP contribution >= 0.6 is 0 Å². The summed E-state index contributed by atoms with van der Waals surface area (Å²) in [5, 5.41) is 0. The molecule has 1 unspecified atom stereocenters. The maximum atomic E-state index is 5.58. The van der Waals surface area contributed by atoms with Gasteiger partial charge in [0.05, 0.1) is 0 Å². The van der Waals surface area contributed by atoms with E-state index in [-0.39, 0.29) is 0 Å². The number of hydrogen-bond donors (Lipinski definition) is 1. The molecule has 1 aromatic rings. The molecule has 82 valence electrons. The largest absolute Gasteiger partial charge is 0.371 e. The van der Waals surface area contributed by atoms with Crippen LogP contribution in [-0.2, 0) is 0 Å². The minimum absolute atomic E-state index is 0.699. The first kappa shape index (κ1) is 10.5. The highest BCUT2D eigenvalue weighted by atomic mass is 15.1. The Morgan fingerprint density at radius 1 is 1.40 bits per heavy atom. The van der Waals surface area contributed by atoms with Crippen LogP contribution in [0.25, 0.3) is 0 Å². The van der Waals surface area contributed by atoms with E-state index in [1.807, 2.05) is 0 Å².